The molecule has 0 fully saturated rings. The number of nitrogens with one attached hydrogen (secondary N) is 1. The SMILES string of the molecule is Cc1ccc(NC(=O)N(Cc2cccc(OS(=O)(=O)c3ccc(F)cc3)c2)C(C)C)cc1C. The second-order valence-corrected chi connectivity index (χ2v) is 9.64. The van der Waals surface area contributed by atoms with E-state index in [9.17, 15) is 17.6 Å². The molecule has 0 atom stereocenters. The number of aryl methyl sites for hydroxylation is 2. The Kier molecular flexibility index (Phi) is 7.38. The van der Waals surface area contributed by atoms with Crippen molar-refractivity contribution in [2.75, 3.05) is 5.32 Å². The van der Waals surface area contributed by atoms with E-state index in [0.717, 1.165) is 35.4 Å². The van der Waals surface area contributed by atoms with E-state index in [1.807, 2.05) is 45.9 Å². The van der Waals surface area contributed by atoms with Crippen molar-refractivity contribution in [3.8, 4) is 5.75 Å². The van der Waals surface area contributed by atoms with Crippen molar-refractivity contribution < 1.29 is 21.8 Å². The quantitative estimate of drug-likeness (QED) is 0.453. The molecule has 0 saturated carbocycles. The van der Waals surface area contributed by atoms with Crippen LogP contribution in [0.1, 0.15) is 30.5 Å². The summed E-state index contributed by atoms with van der Waals surface area (Å²) in [6, 6.07) is 16.3. The van der Waals surface area contributed by atoms with E-state index < -0.39 is 15.9 Å². The van der Waals surface area contributed by atoms with E-state index in [-0.39, 0.29) is 29.3 Å². The zero-order valence-corrected chi connectivity index (χ0v) is 19.8. The maximum atomic E-state index is 13.1. The van der Waals surface area contributed by atoms with Crippen molar-refractivity contribution in [1.82, 2.24) is 4.90 Å². The number of hydrogen-bond donors (Lipinski definition) is 1. The number of halogens is 1. The van der Waals surface area contributed by atoms with Crippen LogP contribution in [-0.2, 0) is 16.7 Å². The van der Waals surface area contributed by atoms with Crippen molar-refractivity contribution in [3.05, 3.63) is 89.2 Å². The minimum Gasteiger partial charge on any atom is -0.379 e. The van der Waals surface area contributed by atoms with Gasteiger partial charge in [0.2, 0.25) is 0 Å². The molecule has 0 saturated heterocycles. The van der Waals surface area contributed by atoms with Crippen LogP contribution >= 0.6 is 0 Å². The van der Waals surface area contributed by atoms with Crippen molar-refractivity contribution in [1.29, 1.82) is 0 Å². The third kappa shape index (κ3) is 6.32. The summed E-state index contributed by atoms with van der Waals surface area (Å²) in [6.07, 6.45) is 0. The average molecular weight is 471 g/mol. The van der Waals surface area contributed by atoms with Gasteiger partial charge in [0.15, 0.2) is 0 Å². The van der Waals surface area contributed by atoms with Crippen molar-refractivity contribution >= 4 is 21.8 Å². The summed E-state index contributed by atoms with van der Waals surface area (Å²) in [5.74, 6) is -0.432. The van der Waals surface area contributed by atoms with E-state index in [2.05, 4.69) is 5.32 Å². The number of benzene rings is 3. The molecule has 0 aromatic heterocycles. The van der Waals surface area contributed by atoms with Crippen LogP contribution in [0.15, 0.2) is 71.6 Å². The molecule has 0 bridgehead atoms. The smallest absolute Gasteiger partial charge is 0.339 e. The fourth-order valence-corrected chi connectivity index (χ4v) is 4.09. The molecule has 0 aliphatic heterocycles. The topological polar surface area (TPSA) is 75.7 Å². The predicted molar refractivity (Wildman–Crippen MR) is 126 cm³/mol. The predicted octanol–water partition coefficient (Wildman–Crippen LogP) is 5.65. The lowest BCUT2D eigenvalue weighted by atomic mass is 10.1. The monoisotopic (exact) mass is 470 g/mol. The summed E-state index contributed by atoms with van der Waals surface area (Å²) in [7, 11) is -4.12. The first kappa shape index (κ1) is 24.3. The lowest BCUT2D eigenvalue weighted by Gasteiger charge is -2.27. The summed E-state index contributed by atoms with van der Waals surface area (Å²) < 4.78 is 43.3. The van der Waals surface area contributed by atoms with Gasteiger partial charge in [0, 0.05) is 18.3 Å². The Balaban J connectivity index is 1.75. The summed E-state index contributed by atoms with van der Waals surface area (Å²) in [5, 5.41) is 2.92. The Morgan fingerprint density at radius 2 is 1.70 bits per heavy atom. The van der Waals surface area contributed by atoms with Gasteiger partial charge in [0.1, 0.15) is 16.5 Å². The highest BCUT2D eigenvalue weighted by atomic mass is 32.2. The number of carbonyl (C=O) groups excluding carboxylic acids is 1. The minimum atomic E-state index is -4.12. The Labute approximate surface area is 194 Å². The van der Waals surface area contributed by atoms with Gasteiger partial charge in [-0.15, -0.1) is 0 Å². The number of urea groups is 1. The third-order valence-corrected chi connectivity index (χ3v) is 6.46. The van der Waals surface area contributed by atoms with Crippen molar-refractivity contribution in [2.24, 2.45) is 0 Å². The molecule has 174 valence electrons. The van der Waals surface area contributed by atoms with Crippen LogP contribution in [-0.4, -0.2) is 25.4 Å². The van der Waals surface area contributed by atoms with Crippen LogP contribution in [0.4, 0.5) is 14.9 Å². The Bertz CT molecular complexity index is 1240. The summed E-state index contributed by atoms with van der Waals surface area (Å²) >= 11 is 0. The van der Waals surface area contributed by atoms with Crippen molar-refractivity contribution in [2.45, 2.75) is 45.2 Å². The molecular formula is C25H27FN2O4S. The van der Waals surface area contributed by atoms with Crippen LogP contribution in [0, 0.1) is 19.7 Å². The molecule has 0 unspecified atom stereocenters. The highest BCUT2D eigenvalue weighted by Crippen LogP contribution is 2.22. The van der Waals surface area contributed by atoms with Gasteiger partial charge in [-0.05, 0) is 92.9 Å². The number of amides is 2. The molecule has 0 heterocycles. The molecule has 0 aliphatic rings. The summed E-state index contributed by atoms with van der Waals surface area (Å²) in [4.78, 5) is 14.4. The lowest BCUT2D eigenvalue weighted by molar-refractivity contribution is 0.193. The van der Waals surface area contributed by atoms with Crippen LogP contribution in [0.2, 0.25) is 0 Å². The highest BCUT2D eigenvalue weighted by molar-refractivity contribution is 7.87. The first-order valence-electron chi connectivity index (χ1n) is 10.5. The zero-order chi connectivity index (χ0) is 24.2. The Hall–Kier alpha value is -3.39. The van der Waals surface area contributed by atoms with Gasteiger partial charge in [-0.1, -0.05) is 18.2 Å². The fraction of sp³-hybridized carbons (Fsp3) is 0.240. The zero-order valence-electron chi connectivity index (χ0n) is 19.0. The van der Waals surface area contributed by atoms with Crippen LogP contribution in [0.3, 0.4) is 0 Å². The van der Waals surface area contributed by atoms with Gasteiger partial charge in [0.25, 0.3) is 0 Å². The molecule has 0 radical (unpaired) electrons. The normalized spacial score (nSPS) is 11.3. The molecule has 0 aliphatic carbocycles. The van der Waals surface area contributed by atoms with Crippen LogP contribution in [0.25, 0.3) is 0 Å². The molecule has 33 heavy (non-hydrogen) atoms. The largest absolute Gasteiger partial charge is 0.379 e. The number of hydrogen-bond acceptors (Lipinski definition) is 4. The van der Waals surface area contributed by atoms with E-state index in [1.54, 1.807) is 23.1 Å². The fourth-order valence-electron chi connectivity index (χ4n) is 3.17. The summed E-state index contributed by atoms with van der Waals surface area (Å²) in [6.45, 7) is 8.05. The maximum absolute atomic E-state index is 13.1. The molecule has 6 nitrogen and oxygen atoms in total. The first-order chi connectivity index (χ1) is 15.5. The van der Waals surface area contributed by atoms with E-state index >= 15 is 0 Å². The second-order valence-electron chi connectivity index (χ2n) is 8.09. The van der Waals surface area contributed by atoms with E-state index in [0.29, 0.717) is 11.3 Å². The number of rotatable bonds is 7. The van der Waals surface area contributed by atoms with E-state index in [1.165, 1.54) is 6.07 Å². The second kappa shape index (κ2) is 10.0. The van der Waals surface area contributed by atoms with Crippen LogP contribution < -0.4 is 9.50 Å². The first-order valence-corrected chi connectivity index (χ1v) is 11.9. The maximum Gasteiger partial charge on any atom is 0.339 e. The molecule has 8 heteroatoms. The summed E-state index contributed by atoms with van der Waals surface area (Å²) in [5.41, 5.74) is 3.62. The molecule has 2 amide bonds. The van der Waals surface area contributed by atoms with Gasteiger partial charge in [0.05, 0.1) is 0 Å². The Morgan fingerprint density at radius 3 is 2.33 bits per heavy atom. The molecule has 0 spiro atoms. The van der Waals surface area contributed by atoms with Gasteiger partial charge < -0.3 is 14.4 Å². The Morgan fingerprint density at radius 1 is 1.00 bits per heavy atom. The van der Waals surface area contributed by atoms with Crippen molar-refractivity contribution in [3.63, 3.8) is 0 Å². The standard InChI is InChI=1S/C25H27FN2O4S/c1-17(2)28(25(29)27-22-11-8-18(3)19(4)14-22)16-20-6-5-7-23(15-20)32-33(30,31)24-12-9-21(26)10-13-24/h5-15,17H,16H2,1-4H3,(H,27,29). The molecular weight excluding hydrogens is 443 g/mol. The number of nitrogens with zero attached hydrogens (tertiary/aromatic N) is 1. The minimum absolute atomic E-state index is 0.107. The van der Waals surface area contributed by atoms with Gasteiger partial charge in [-0.3, -0.25) is 0 Å². The van der Waals surface area contributed by atoms with Gasteiger partial charge in [-0.25, -0.2) is 9.18 Å². The molecule has 3 aromatic rings. The highest BCUT2D eigenvalue weighted by Gasteiger charge is 2.20. The van der Waals surface area contributed by atoms with E-state index in [4.69, 9.17) is 4.18 Å². The molecule has 3 rings (SSSR count). The molecule has 3 aromatic carbocycles. The molecule has 1 N–H and O–H groups in total. The van der Waals surface area contributed by atoms with Gasteiger partial charge in [-0.2, -0.15) is 8.42 Å². The lowest BCUT2D eigenvalue weighted by Crippen LogP contribution is -2.39. The number of carbonyl (C=O) groups is 1. The number of anilines is 1. The van der Waals surface area contributed by atoms with Crippen LogP contribution in [0.5, 0.6) is 5.75 Å². The average Bonchev–Trinajstić information content (AvgIpc) is 2.74. The third-order valence-electron chi connectivity index (χ3n) is 5.20. The van der Waals surface area contributed by atoms with Gasteiger partial charge >= 0.3 is 16.1 Å².